The van der Waals surface area contributed by atoms with Crippen LogP contribution in [0.4, 0.5) is 0 Å². The molecule has 1 unspecified atom stereocenters. The Bertz CT molecular complexity index is 395. The molecule has 1 N–H and O–H groups in total. The zero-order valence-corrected chi connectivity index (χ0v) is 12.0. The number of likely N-dealkylation sites (N-methyl/N-ethyl adjacent to an activating group) is 1. The Kier molecular flexibility index (Phi) is 7.12. The molecule has 0 aliphatic heterocycles. The zero-order valence-electron chi connectivity index (χ0n) is 12.0. The highest BCUT2D eigenvalue weighted by atomic mass is 16.5. The third-order valence-corrected chi connectivity index (χ3v) is 2.92. The molecule has 0 aliphatic carbocycles. The van der Waals surface area contributed by atoms with Crippen LogP contribution in [0.3, 0.4) is 0 Å². The standard InChI is InChI=1S/C15H23N3O/c1-13(15-6-4-14(12-16)5-7-15)17-8-10-19-11-9-18(2)3/h4-7,13,17H,8-11H2,1-3H3. The maximum absolute atomic E-state index is 8.74. The van der Waals surface area contributed by atoms with Crippen molar-refractivity contribution >= 4 is 0 Å². The van der Waals surface area contributed by atoms with Gasteiger partial charge >= 0.3 is 0 Å². The van der Waals surface area contributed by atoms with Gasteiger partial charge in [0.05, 0.1) is 24.8 Å². The molecule has 0 saturated carbocycles. The molecule has 19 heavy (non-hydrogen) atoms. The molecule has 4 heteroatoms. The van der Waals surface area contributed by atoms with E-state index in [1.54, 1.807) is 0 Å². The number of ether oxygens (including phenoxy) is 1. The zero-order chi connectivity index (χ0) is 14.1. The van der Waals surface area contributed by atoms with Gasteiger partial charge in [0.25, 0.3) is 0 Å². The van der Waals surface area contributed by atoms with Crippen molar-refractivity contribution in [2.45, 2.75) is 13.0 Å². The van der Waals surface area contributed by atoms with E-state index in [2.05, 4.69) is 23.2 Å². The fourth-order valence-corrected chi connectivity index (χ4v) is 1.66. The summed E-state index contributed by atoms with van der Waals surface area (Å²) >= 11 is 0. The Hall–Kier alpha value is -1.41. The minimum absolute atomic E-state index is 0.269. The van der Waals surface area contributed by atoms with E-state index in [0.29, 0.717) is 12.2 Å². The van der Waals surface area contributed by atoms with Crippen LogP contribution in [-0.2, 0) is 4.74 Å². The maximum Gasteiger partial charge on any atom is 0.0991 e. The third-order valence-electron chi connectivity index (χ3n) is 2.92. The van der Waals surface area contributed by atoms with E-state index >= 15 is 0 Å². The molecule has 1 atom stereocenters. The van der Waals surface area contributed by atoms with Crippen molar-refractivity contribution in [1.82, 2.24) is 10.2 Å². The largest absolute Gasteiger partial charge is 0.379 e. The molecular weight excluding hydrogens is 238 g/mol. The summed E-state index contributed by atoms with van der Waals surface area (Å²) < 4.78 is 5.52. The molecule has 0 radical (unpaired) electrons. The molecule has 0 aromatic heterocycles. The van der Waals surface area contributed by atoms with Gasteiger partial charge in [-0.1, -0.05) is 12.1 Å². The van der Waals surface area contributed by atoms with Crippen LogP contribution in [0.1, 0.15) is 24.1 Å². The molecule has 1 aromatic rings. The average Bonchev–Trinajstić information content (AvgIpc) is 2.42. The Morgan fingerprint density at radius 3 is 2.53 bits per heavy atom. The lowest BCUT2D eigenvalue weighted by atomic mass is 10.1. The maximum atomic E-state index is 8.74. The first-order valence-corrected chi connectivity index (χ1v) is 6.59. The fraction of sp³-hybridized carbons (Fsp3) is 0.533. The van der Waals surface area contributed by atoms with E-state index in [-0.39, 0.29) is 6.04 Å². The molecule has 1 rings (SSSR count). The SMILES string of the molecule is CC(NCCOCCN(C)C)c1ccc(C#N)cc1. The Morgan fingerprint density at radius 1 is 1.26 bits per heavy atom. The molecule has 1 aromatic carbocycles. The summed E-state index contributed by atoms with van der Waals surface area (Å²) in [7, 11) is 4.07. The first kappa shape index (κ1) is 15.6. The van der Waals surface area contributed by atoms with Gasteiger partial charge in [0.2, 0.25) is 0 Å². The van der Waals surface area contributed by atoms with Crippen LogP contribution in [-0.4, -0.2) is 45.3 Å². The summed E-state index contributed by atoms with van der Waals surface area (Å²) in [6, 6.07) is 10.1. The van der Waals surface area contributed by atoms with Crippen molar-refractivity contribution in [1.29, 1.82) is 5.26 Å². The minimum atomic E-state index is 0.269. The van der Waals surface area contributed by atoms with Crippen molar-refractivity contribution in [3.63, 3.8) is 0 Å². The van der Waals surface area contributed by atoms with Crippen LogP contribution in [0.2, 0.25) is 0 Å². The lowest BCUT2D eigenvalue weighted by Gasteiger charge is -2.15. The average molecular weight is 261 g/mol. The van der Waals surface area contributed by atoms with Crippen molar-refractivity contribution in [2.24, 2.45) is 0 Å². The van der Waals surface area contributed by atoms with Crippen LogP contribution in [0.15, 0.2) is 24.3 Å². The van der Waals surface area contributed by atoms with Gasteiger partial charge in [0.1, 0.15) is 0 Å². The third kappa shape index (κ3) is 6.35. The lowest BCUT2D eigenvalue weighted by molar-refractivity contribution is 0.118. The first-order valence-electron chi connectivity index (χ1n) is 6.59. The van der Waals surface area contributed by atoms with Gasteiger partial charge in [0.15, 0.2) is 0 Å². The van der Waals surface area contributed by atoms with Gasteiger partial charge in [-0.3, -0.25) is 0 Å². The molecule has 0 heterocycles. The van der Waals surface area contributed by atoms with Crippen molar-refractivity contribution in [3.05, 3.63) is 35.4 Å². The minimum Gasteiger partial charge on any atom is -0.379 e. The van der Waals surface area contributed by atoms with Crippen LogP contribution in [0, 0.1) is 11.3 Å². The number of nitrogens with one attached hydrogen (secondary N) is 1. The summed E-state index contributed by atoms with van der Waals surface area (Å²) in [5, 5.41) is 12.1. The number of rotatable bonds is 8. The quantitative estimate of drug-likeness (QED) is 0.725. The van der Waals surface area contributed by atoms with E-state index in [1.807, 2.05) is 38.4 Å². The summed E-state index contributed by atoms with van der Waals surface area (Å²) in [4.78, 5) is 2.10. The van der Waals surface area contributed by atoms with Crippen molar-refractivity contribution in [2.75, 3.05) is 40.4 Å². The molecule has 0 amide bonds. The second kappa shape index (κ2) is 8.65. The second-order valence-electron chi connectivity index (χ2n) is 4.83. The molecule has 0 bridgehead atoms. The highest BCUT2D eigenvalue weighted by molar-refractivity contribution is 5.32. The Labute approximate surface area is 116 Å². The normalized spacial score (nSPS) is 12.4. The molecule has 0 fully saturated rings. The highest BCUT2D eigenvalue weighted by Crippen LogP contribution is 2.12. The molecule has 0 spiro atoms. The second-order valence-corrected chi connectivity index (χ2v) is 4.83. The molecule has 0 saturated heterocycles. The summed E-state index contributed by atoms with van der Waals surface area (Å²) in [5.74, 6) is 0. The summed E-state index contributed by atoms with van der Waals surface area (Å²) in [5.41, 5.74) is 1.88. The van der Waals surface area contributed by atoms with Crippen molar-refractivity contribution < 1.29 is 4.74 Å². The number of hydrogen-bond donors (Lipinski definition) is 1. The number of benzene rings is 1. The fourth-order valence-electron chi connectivity index (χ4n) is 1.66. The van der Waals surface area contributed by atoms with E-state index < -0.39 is 0 Å². The van der Waals surface area contributed by atoms with E-state index in [1.165, 1.54) is 5.56 Å². The number of nitriles is 1. The summed E-state index contributed by atoms with van der Waals surface area (Å²) in [6.07, 6.45) is 0. The Balaban J connectivity index is 2.20. The molecule has 104 valence electrons. The number of hydrogen-bond acceptors (Lipinski definition) is 4. The monoisotopic (exact) mass is 261 g/mol. The van der Waals surface area contributed by atoms with Crippen molar-refractivity contribution in [3.8, 4) is 6.07 Å². The van der Waals surface area contributed by atoms with E-state index in [9.17, 15) is 0 Å². The van der Waals surface area contributed by atoms with E-state index in [0.717, 1.165) is 19.7 Å². The topological polar surface area (TPSA) is 48.3 Å². The van der Waals surface area contributed by atoms with Gasteiger partial charge in [-0.15, -0.1) is 0 Å². The molecule has 0 aliphatic rings. The predicted molar refractivity (Wildman–Crippen MR) is 76.9 cm³/mol. The number of nitrogens with zero attached hydrogens (tertiary/aromatic N) is 2. The smallest absolute Gasteiger partial charge is 0.0991 e. The van der Waals surface area contributed by atoms with Gasteiger partial charge in [-0.05, 0) is 38.7 Å². The first-order chi connectivity index (χ1) is 9.13. The highest BCUT2D eigenvalue weighted by Gasteiger charge is 2.04. The van der Waals surface area contributed by atoms with Crippen LogP contribution >= 0.6 is 0 Å². The molecule has 4 nitrogen and oxygen atoms in total. The van der Waals surface area contributed by atoms with Gasteiger partial charge in [-0.25, -0.2) is 0 Å². The van der Waals surface area contributed by atoms with Crippen LogP contribution < -0.4 is 5.32 Å². The lowest BCUT2D eigenvalue weighted by Crippen LogP contribution is -2.25. The van der Waals surface area contributed by atoms with Crippen LogP contribution in [0.5, 0.6) is 0 Å². The molecular formula is C15H23N3O. The van der Waals surface area contributed by atoms with Gasteiger partial charge in [0, 0.05) is 19.1 Å². The summed E-state index contributed by atoms with van der Waals surface area (Å²) in [6.45, 7) is 5.37. The Morgan fingerprint density at radius 2 is 1.95 bits per heavy atom. The van der Waals surface area contributed by atoms with Gasteiger partial charge < -0.3 is 15.0 Å². The van der Waals surface area contributed by atoms with Gasteiger partial charge in [-0.2, -0.15) is 5.26 Å². The predicted octanol–water partition coefficient (Wildman–Crippen LogP) is 1.79. The van der Waals surface area contributed by atoms with Crippen LogP contribution in [0.25, 0.3) is 0 Å². The van der Waals surface area contributed by atoms with E-state index in [4.69, 9.17) is 10.00 Å².